The monoisotopic (exact) mass is 346 g/mol. The van der Waals surface area contributed by atoms with Crippen molar-refractivity contribution in [2.24, 2.45) is 0 Å². The maximum atomic E-state index is 13.5. The lowest BCUT2D eigenvalue weighted by atomic mass is 10.0. The molecule has 0 bridgehead atoms. The van der Waals surface area contributed by atoms with Gasteiger partial charge in [0.15, 0.2) is 0 Å². The van der Waals surface area contributed by atoms with Crippen LogP contribution in [0.15, 0.2) is 52.3 Å². The van der Waals surface area contributed by atoms with E-state index in [-0.39, 0.29) is 17.2 Å². The number of hydrogen-bond acceptors (Lipinski definition) is 4. The van der Waals surface area contributed by atoms with Crippen LogP contribution in [0.3, 0.4) is 0 Å². The summed E-state index contributed by atoms with van der Waals surface area (Å²) < 4.78 is 19.7. The number of thioether (sulfide) groups is 1. The van der Waals surface area contributed by atoms with Crippen LogP contribution in [0.2, 0.25) is 0 Å². The number of nitrogens with one attached hydrogen (secondary N) is 1. The van der Waals surface area contributed by atoms with E-state index in [0.29, 0.717) is 6.61 Å². The molecule has 2 aromatic heterocycles. The molecular formula is C17H15FN2OS2. The number of halogens is 1. The summed E-state index contributed by atoms with van der Waals surface area (Å²) in [6, 6.07) is 7.02. The molecule has 4 rings (SSSR count). The minimum atomic E-state index is -0.202. The van der Waals surface area contributed by atoms with E-state index < -0.39 is 0 Å². The van der Waals surface area contributed by atoms with Gasteiger partial charge in [0.25, 0.3) is 0 Å². The number of thiophene rings is 1. The third-order valence-electron chi connectivity index (χ3n) is 3.86. The molecule has 1 aromatic carbocycles. The van der Waals surface area contributed by atoms with Gasteiger partial charge in [-0.05, 0) is 40.1 Å². The zero-order valence-electron chi connectivity index (χ0n) is 12.2. The number of benzene rings is 1. The highest BCUT2D eigenvalue weighted by Gasteiger charge is 2.35. The quantitative estimate of drug-likeness (QED) is 0.734. The molecule has 3 heterocycles. The van der Waals surface area contributed by atoms with Crippen molar-refractivity contribution < 1.29 is 9.13 Å². The summed E-state index contributed by atoms with van der Waals surface area (Å²) in [4.78, 5) is 8.42. The van der Waals surface area contributed by atoms with E-state index in [1.807, 2.05) is 17.6 Å². The van der Waals surface area contributed by atoms with Gasteiger partial charge in [0.05, 0.1) is 12.7 Å². The van der Waals surface area contributed by atoms with Gasteiger partial charge >= 0.3 is 0 Å². The average Bonchev–Trinajstić information content (AvgIpc) is 3.26. The number of hydrogen-bond donors (Lipinski definition) is 1. The highest BCUT2D eigenvalue weighted by atomic mass is 32.2. The molecule has 1 N–H and O–H groups in total. The molecule has 1 aliphatic rings. The van der Waals surface area contributed by atoms with Gasteiger partial charge in [-0.2, -0.15) is 11.3 Å². The van der Waals surface area contributed by atoms with Crippen molar-refractivity contribution in [2.75, 3.05) is 0 Å². The minimum absolute atomic E-state index is 0.0550. The van der Waals surface area contributed by atoms with Crippen LogP contribution < -0.4 is 0 Å². The molecule has 0 spiro atoms. The second kappa shape index (κ2) is 6.47. The summed E-state index contributed by atoms with van der Waals surface area (Å²) in [6.07, 6.45) is 4.29. The van der Waals surface area contributed by atoms with Crippen LogP contribution in [0.5, 0.6) is 0 Å². The lowest BCUT2D eigenvalue weighted by Gasteiger charge is -2.19. The maximum Gasteiger partial charge on any atom is 0.124 e. The summed E-state index contributed by atoms with van der Waals surface area (Å²) in [6.45, 7) is 0.570. The standard InChI is InChI=1S/C17H15FN2OS2/c18-12-1-2-13-14(7-12)23-15(8-16-19-4-5-20-16)17(13)21-9-11-3-6-22-10-11/h1-7,10,15,17H,8-9H2,(H,19,20)/t15-,17-/m0/s1. The molecule has 23 heavy (non-hydrogen) atoms. The Balaban J connectivity index is 1.57. The number of fused-ring (bicyclic) bond motifs is 1. The maximum absolute atomic E-state index is 13.5. The lowest BCUT2D eigenvalue weighted by Crippen LogP contribution is -2.17. The van der Waals surface area contributed by atoms with E-state index in [1.165, 1.54) is 11.6 Å². The predicted octanol–water partition coefficient (Wildman–Crippen LogP) is 4.59. The Morgan fingerprint density at radius 3 is 3.04 bits per heavy atom. The molecule has 3 aromatic rings. The Hall–Kier alpha value is -1.63. The van der Waals surface area contributed by atoms with Crippen molar-refractivity contribution in [2.45, 2.75) is 29.3 Å². The van der Waals surface area contributed by atoms with E-state index in [1.54, 1.807) is 35.4 Å². The van der Waals surface area contributed by atoms with Gasteiger partial charge in [0.1, 0.15) is 11.6 Å². The van der Waals surface area contributed by atoms with Gasteiger partial charge in [-0.1, -0.05) is 6.07 Å². The number of aromatic nitrogens is 2. The van der Waals surface area contributed by atoms with Crippen LogP contribution in [0.4, 0.5) is 4.39 Å². The SMILES string of the molecule is Fc1ccc2c(c1)S[C@@H](Cc1ncc[nH]1)[C@H]2OCc1ccsc1. The third kappa shape index (κ3) is 3.20. The molecule has 0 fully saturated rings. The summed E-state index contributed by atoms with van der Waals surface area (Å²) in [7, 11) is 0. The van der Waals surface area contributed by atoms with Gasteiger partial charge in [0, 0.05) is 29.0 Å². The fourth-order valence-electron chi connectivity index (χ4n) is 2.78. The number of ether oxygens (including phenoxy) is 1. The van der Waals surface area contributed by atoms with Gasteiger partial charge in [-0.15, -0.1) is 11.8 Å². The van der Waals surface area contributed by atoms with Crippen LogP contribution in [-0.2, 0) is 17.8 Å². The van der Waals surface area contributed by atoms with Gasteiger partial charge < -0.3 is 9.72 Å². The van der Waals surface area contributed by atoms with E-state index in [4.69, 9.17) is 4.74 Å². The summed E-state index contributed by atoms with van der Waals surface area (Å²) in [5.41, 5.74) is 2.25. The highest BCUT2D eigenvalue weighted by molar-refractivity contribution is 8.00. The molecule has 118 valence electrons. The van der Waals surface area contributed by atoms with Crippen molar-refractivity contribution in [1.29, 1.82) is 0 Å². The van der Waals surface area contributed by atoms with Crippen LogP contribution in [-0.4, -0.2) is 15.2 Å². The lowest BCUT2D eigenvalue weighted by molar-refractivity contribution is 0.0393. The first-order valence-corrected chi connectivity index (χ1v) is 9.19. The van der Waals surface area contributed by atoms with Crippen LogP contribution in [0, 0.1) is 5.82 Å². The Labute approximate surface area is 141 Å². The van der Waals surface area contributed by atoms with E-state index in [9.17, 15) is 4.39 Å². The molecule has 0 amide bonds. The van der Waals surface area contributed by atoms with E-state index in [0.717, 1.165) is 22.7 Å². The number of H-pyrrole nitrogens is 1. The fourth-order valence-corrected chi connectivity index (χ4v) is 4.85. The minimum Gasteiger partial charge on any atom is -0.368 e. The van der Waals surface area contributed by atoms with Crippen molar-refractivity contribution in [3.63, 3.8) is 0 Å². The topological polar surface area (TPSA) is 37.9 Å². The average molecular weight is 346 g/mol. The molecule has 0 saturated heterocycles. The van der Waals surface area contributed by atoms with Crippen molar-refractivity contribution in [3.05, 3.63) is 70.2 Å². The van der Waals surface area contributed by atoms with Gasteiger partial charge in [-0.25, -0.2) is 9.37 Å². The molecular weight excluding hydrogens is 331 g/mol. The number of imidazole rings is 1. The van der Waals surface area contributed by atoms with Gasteiger partial charge in [0.2, 0.25) is 0 Å². The fraction of sp³-hybridized carbons (Fsp3) is 0.235. The van der Waals surface area contributed by atoms with E-state index in [2.05, 4.69) is 21.4 Å². The first-order chi connectivity index (χ1) is 11.3. The first-order valence-electron chi connectivity index (χ1n) is 7.36. The number of aromatic amines is 1. The summed E-state index contributed by atoms with van der Waals surface area (Å²) >= 11 is 3.34. The van der Waals surface area contributed by atoms with Crippen molar-refractivity contribution in [1.82, 2.24) is 9.97 Å². The van der Waals surface area contributed by atoms with Crippen LogP contribution in [0.25, 0.3) is 0 Å². The first kappa shape index (κ1) is 14.9. The highest BCUT2D eigenvalue weighted by Crippen LogP contribution is 2.47. The zero-order chi connectivity index (χ0) is 15.6. The zero-order valence-corrected chi connectivity index (χ0v) is 13.9. The summed E-state index contributed by atoms with van der Waals surface area (Å²) in [5.74, 6) is 0.728. The Kier molecular flexibility index (Phi) is 4.20. The predicted molar refractivity (Wildman–Crippen MR) is 90.2 cm³/mol. The number of nitrogens with zero attached hydrogens (tertiary/aromatic N) is 1. The Morgan fingerprint density at radius 1 is 1.30 bits per heavy atom. The van der Waals surface area contributed by atoms with E-state index >= 15 is 0 Å². The van der Waals surface area contributed by atoms with Gasteiger partial charge in [-0.3, -0.25) is 0 Å². The molecule has 1 aliphatic heterocycles. The van der Waals surface area contributed by atoms with Crippen molar-refractivity contribution in [3.8, 4) is 0 Å². The molecule has 0 aliphatic carbocycles. The van der Waals surface area contributed by atoms with Crippen molar-refractivity contribution >= 4 is 23.1 Å². The Bertz CT molecular complexity index is 774. The third-order valence-corrected chi connectivity index (χ3v) is 5.91. The number of rotatable bonds is 5. The smallest absolute Gasteiger partial charge is 0.124 e. The molecule has 2 atom stereocenters. The van der Waals surface area contributed by atoms with Crippen LogP contribution in [0.1, 0.15) is 23.1 Å². The molecule has 0 saturated carbocycles. The second-order valence-corrected chi connectivity index (χ2v) is 7.50. The second-order valence-electron chi connectivity index (χ2n) is 5.44. The largest absolute Gasteiger partial charge is 0.368 e. The molecule has 0 radical (unpaired) electrons. The molecule has 6 heteroatoms. The Morgan fingerprint density at radius 2 is 2.26 bits per heavy atom. The molecule has 0 unspecified atom stereocenters. The normalized spacial score (nSPS) is 19.9. The molecule has 3 nitrogen and oxygen atoms in total. The van der Waals surface area contributed by atoms with Crippen LogP contribution >= 0.6 is 23.1 Å². The summed E-state index contributed by atoms with van der Waals surface area (Å²) in [5, 5.41) is 4.33.